The number of benzene rings is 2. The Balaban J connectivity index is 1.61. The van der Waals surface area contributed by atoms with Crippen LogP contribution in [-0.4, -0.2) is 27.6 Å². The van der Waals surface area contributed by atoms with Gasteiger partial charge in [-0.25, -0.2) is 9.37 Å². The molecule has 9 heteroatoms. The molecule has 0 unspecified atom stereocenters. The monoisotopic (exact) mass is 378 g/mol. The first kappa shape index (κ1) is 18.6. The number of aromatic amines is 1. The second-order valence-electron chi connectivity index (χ2n) is 5.70. The minimum absolute atomic E-state index is 0.0973. The Bertz CT molecular complexity index is 938. The van der Waals surface area contributed by atoms with Crippen molar-refractivity contribution < 1.29 is 22.4 Å². The molecular formula is C18H14F4N4O. The molecule has 3 rings (SSSR count). The third-order valence-corrected chi connectivity index (χ3v) is 3.70. The highest BCUT2D eigenvalue weighted by Crippen LogP contribution is 2.30. The molecule has 2 N–H and O–H groups in total. The third-order valence-electron chi connectivity index (χ3n) is 3.70. The number of nitrogens with one attached hydrogen (secondary N) is 2. The molecule has 3 aromatic rings. The summed E-state index contributed by atoms with van der Waals surface area (Å²) >= 11 is 0. The number of rotatable bonds is 5. The standard InChI is InChI=1S/C18H14F4N4O/c19-14-9-12(8-13(10-14)18(20,21)22)17(27)23-7-6-15-24-16(26-25-15)11-4-2-1-3-5-11/h1-5,8-10H,6-7H2,(H,23,27)(H,24,25,26). The van der Waals surface area contributed by atoms with Crippen LogP contribution >= 0.6 is 0 Å². The predicted molar refractivity (Wildman–Crippen MR) is 89.3 cm³/mol. The Morgan fingerprint density at radius 3 is 2.56 bits per heavy atom. The lowest BCUT2D eigenvalue weighted by Crippen LogP contribution is -2.26. The fourth-order valence-corrected chi connectivity index (χ4v) is 2.40. The van der Waals surface area contributed by atoms with Crippen LogP contribution in [0.1, 0.15) is 21.7 Å². The summed E-state index contributed by atoms with van der Waals surface area (Å²) in [5.41, 5.74) is -0.788. The lowest BCUT2D eigenvalue weighted by molar-refractivity contribution is -0.137. The van der Waals surface area contributed by atoms with Gasteiger partial charge in [0.1, 0.15) is 11.6 Å². The van der Waals surface area contributed by atoms with Gasteiger partial charge in [-0.15, -0.1) is 0 Å². The largest absolute Gasteiger partial charge is 0.416 e. The highest BCUT2D eigenvalue weighted by atomic mass is 19.4. The zero-order chi connectivity index (χ0) is 19.4. The smallest absolute Gasteiger partial charge is 0.352 e. The molecule has 5 nitrogen and oxygen atoms in total. The molecule has 0 aliphatic rings. The molecule has 0 aliphatic heterocycles. The van der Waals surface area contributed by atoms with Crippen molar-refractivity contribution in [3.8, 4) is 11.4 Å². The topological polar surface area (TPSA) is 70.7 Å². The molecule has 0 aliphatic carbocycles. The van der Waals surface area contributed by atoms with Crippen molar-refractivity contribution in [2.45, 2.75) is 12.6 Å². The molecule has 1 heterocycles. The van der Waals surface area contributed by atoms with Crippen molar-refractivity contribution in [2.75, 3.05) is 6.54 Å². The average Bonchev–Trinajstić information content (AvgIpc) is 3.10. The number of nitrogens with zero attached hydrogens (tertiary/aromatic N) is 2. The van der Waals surface area contributed by atoms with Crippen LogP contribution in [0.15, 0.2) is 48.5 Å². The summed E-state index contributed by atoms with van der Waals surface area (Å²) in [5, 5.41) is 9.25. The first-order chi connectivity index (χ1) is 12.8. The number of halogens is 4. The second-order valence-corrected chi connectivity index (χ2v) is 5.70. The van der Waals surface area contributed by atoms with Gasteiger partial charge in [0.15, 0.2) is 5.82 Å². The molecule has 0 fully saturated rings. The SMILES string of the molecule is O=C(NCCc1nc(-c2ccccc2)n[nH]1)c1cc(F)cc(C(F)(F)F)c1. The highest BCUT2D eigenvalue weighted by Gasteiger charge is 2.32. The Morgan fingerprint density at radius 1 is 1.11 bits per heavy atom. The van der Waals surface area contributed by atoms with Gasteiger partial charge in [0.2, 0.25) is 0 Å². The lowest BCUT2D eigenvalue weighted by Gasteiger charge is -2.09. The van der Waals surface area contributed by atoms with E-state index in [4.69, 9.17) is 0 Å². The van der Waals surface area contributed by atoms with E-state index in [-0.39, 0.29) is 13.0 Å². The minimum atomic E-state index is -4.73. The molecular weight excluding hydrogens is 364 g/mol. The molecule has 140 valence electrons. The van der Waals surface area contributed by atoms with E-state index in [2.05, 4.69) is 20.5 Å². The fraction of sp³-hybridized carbons (Fsp3) is 0.167. The number of hydrogen-bond donors (Lipinski definition) is 2. The van der Waals surface area contributed by atoms with E-state index in [1.807, 2.05) is 30.3 Å². The Morgan fingerprint density at radius 2 is 1.85 bits per heavy atom. The van der Waals surface area contributed by atoms with Crippen molar-refractivity contribution in [1.29, 1.82) is 0 Å². The molecule has 1 aromatic heterocycles. The normalized spacial score (nSPS) is 11.4. The van der Waals surface area contributed by atoms with Gasteiger partial charge in [-0.05, 0) is 18.2 Å². The number of hydrogen-bond acceptors (Lipinski definition) is 3. The van der Waals surface area contributed by atoms with E-state index in [1.165, 1.54) is 0 Å². The van der Waals surface area contributed by atoms with Crippen LogP contribution in [-0.2, 0) is 12.6 Å². The quantitative estimate of drug-likeness (QED) is 0.667. The molecule has 0 radical (unpaired) electrons. The summed E-state index contributed by atoms with van der Waals surface area (Å²) in [6.07, 6.45) is -4.45. The van der Waals surface area contributed by atoms with Crippen LogP contribution in [0, 0.1) is 5.82 Å². The van der Waals surface area contributed by atoms with Crippen LogP contribution in [0.4, 0.5) is 17.6 Å². The van der Waals surface area contributed by atoms with Gasteiger partial charge in [0, 0.05) is 24.1 Å². The van der Waals surface area contributed by atoms with Crippen LogP contribution < -0.4 is 5.32 Å². The number of amides is 1. The van der Waals surface area contributed by atoms with Crippen LogP contribution in [0.2, 0.25) is 0 Å². The van der Waals surface area contributed by atoms with Crippen molar-refractivity contribution in [3.63, 3.8) is 0 Å². The predicted octanol–water partition coefficient (Wildman–Crippen LogP) is 3.60. The van der Waals surface area contributed by atoms with E-state index in [9.17, 15) is 22.4 Å². The van der Waals surface area contributed by atoms with Crippen LogP contribution in [0.25, 0.3) is 11.4 Å². The van der Waals surface area contributed by atoms with E-state index in [0.717, 1.165) is 11.6 Å². The summed E-state index contributed by atoms with van der Waals surface area (Å²) < 4.78 is 51.5. The summed E-state index contributed by atoms with van der Waals surface area (Å²) in [6.45, 7) is 0.0973. The molecule has 0 saturated carbocycles. The molecule has 0 saturated heterocycles. The number of H-pyrrole nitrogens is 1. The van der Waals surface area contributed by atoms with Crippen molar-refractivity contribution in [3.05, 3.63) is 71.3 Å². The zero-order valence-corrected chi connectivity index (χ0v) is 13.8. The van der Waals surface area contributed by atoms with Crippen LogP contribution in [0.3, 0.4) is 0 Å². The van der Waals surface area contributed by atoms with E-state index < -0.39 is 29.0 Å². The summed E-state index contributed by atoms with van der Waals surface area (Å²) in [4.78, 5) is 16.3. The second kappa shape index (κ2) is 7.56. The molecule has 0 bridgehead atoms. The highest BCUT2D eigenvalue weighted by molar-refractivity contribution is 5.94. The lowest BCUT2D eigenvalue weighted by atomic mass is 10.1. The van der Waals surface area contributed by atoms with Gasteiger partial charge in [0.25, 0.3) is 5.91 Å². The van der Waals surface area contributed by atoms with Gasteiger partial charge in [-0.3, -0.25) is 9.89 Å². The molecule has 1 amide bonds. The maximum atomic E-state index is 13.4. The van der Waals surface area contributed by atoms with Gasteiger partial charge in [0.05, 0.1) is 5.56 Å². The number of carbonyl (C=O) groups is 1. The van der Waals surface area contributed by atoms with E-state index >= 15 is 0 Å². The van der Waals surface area contributed by atoms with Crippen molar-refractivity contribution >= 4 is 5.91 Å². The van der Waals surface area contributed by atoms with Crippen molar-refractivity contribution in [2.24, 2.45) is 0 Å². The zero-order valence-electron chi connectivity index (χ0n) is 13.8. The molecule has 0 spiro atoms. The van der Waals surface area contributed by atoms with Crippen LogP contribution in [0.5, 0.6) is 0 Å². The maximum absolute atomic E-state index is 13.4. The number of carbonyl (C=O) groups excluding carboxylic acids is 1. The van der Waals surface area contributed by atoms with E-state index in [0.29, 0.717) is 23.8 Å². The molecule has 2 aromatic carbocycles. The van der Waals surface area contributed by atoms with Gasteiger partial charge in [-0.1, -0.05) is 30.3 Å². The first-order valence-corrected chi connectivity index (χ1v) is 7.95. The molecule has 27 heavy (non-hydrogen) atoms. The fourth-order valence-electron chi connectivity index (χ4n) is 2.40. The number of aromatic nitrogens is 3. The van der Waals surface area contributed by atoms with Gasteiger partial charge < -0.3 is 5.32 Å². The minimum Gasteiger partial charge on any atom is -0.352 e. The third kappa shape index (κ3) is 4.69. The maximum Gasteiger partial charge on any atom is 0.416 e. The number of alkyl halides is 3. The van der Waals surface area contributed by atoms with Crippen molar-refractivity contribution in [1.82, 2.24) is 20.5 Å². The summed E-state index contributed by atoms with van der Waals surface area (Å²) in [5.74, 6) is -0.929. The summed E-state index contributed by atoms with van der Waals surface area (Å²) in [7, 11) is 0. The van der Waals surface area contributed by atoms with Gasteiger partial charge >= 0.3 is 6.18 Å². The Kier molecular flexibility index (Phi) is 5.20. The Labute approximate surface area is 151 Å². The van der Waals surface area contributed by atoms with E-state index in [1.54, 1.807) is 0 Å². The molecule has 0 atom stereocenters. The average molecular weight is 378 g/mol. The van der Waals surface area contributed by atoms with Gasteiger partial charge in [-0.2, -0.15) is 18.3 Å². The first-order valence-electron chi connectivity index (χ1n) is 7.95. The Hall–Kier alpha value is -3.23. The summed E-state index contributed by atoms with van der Waals surface area (Å²) in [6, 6.07) is 11.0.